The summed E-state index contributed by atoms with van der Waals surface area (Å²) in [5.41, 5.74) is 2.77. The van der Waals surface area contributed by atoms with Gasteiger partial charge < -0.3 is 14.3 Å². The van der Waals surface area contributed by atoms with Crippen LogP contribution in [0.3, 0.4) is 0 Å². The number of rotatable bonds is 3. The number of hydrogen-bond acceptors (Lipinski definition) is 4. The number of hydrogen-bond donors (Lipinski definition) is 1. The second kappa shape index (κ2) is 5.76. The molecule has 2 heterocycles. The van der Waals surface area contributed by atoms with Gasteiger partial charge >= 0.3 is 0 Å². The van der Waals surface area contributed by atoms with E-state index in [-0.39, 0.29) is 17.6 Å². The van der Waals surface area contributed by atoms with Crippen LogP contribution in [0.2, 0.25) is 0 Å². The van der Waals surface area contributed by atoms with E-state index in [1.807, 2.05) is 12.1 Å². The Kier molecular flexibility index (Phi) is 3.46. The Labute approximate surface area is 133 Å². The highest BCUT2D eigenvalue weighted by atomic mass is 16.5. The van der Waals surface area contributed by atoms with Gasteiger partial charge in [-0.1, -0.05) is 29.4 Å². The molecular weight excluding hydrogens is 292 g/mol. The standard InChI is InChI=1S/C18H16N2O3/c21-18(15-11-17(23-20-15)16-9-4-10-22-16)19-14-8-3-6-12-5-1-2-7-13(12)14/h1-2,4-5,7,9-11,14H,3,6,8H2,(H,19,21)/t14-/m0/s1. The van der Waals surface area contributed by atoms with Gasteiger partial charge in [0.15, 0.2) is 11.5 Å². The van der Waals surface area contributed by atoms with Crippen LogP contribution in [0.1, 0.15) is 40.5 Å². The van der Waals surface area contributed by atoms with E-state index in [1.54, 1.807) is 24.5 Å². The number of nitrogens with one attached hydrogen (secondary N) is 1. The smallest absolute Gasteiger partial charge is 0.273 e. The van der Waals surface area contributed by atoms with Gasteiger partial charge in [0.2, 0.25) is 5.76 Å². The Morgan fingerprint density at radius 1 is 1.17 bits per heavy atom. The maximum atomic E-state index is 12.4. The van der Waals surface area contributed by atoms with Crippen LogP contribution < -0.4 is 5.32 Å². The van der Waals surface area contributed by atoms with Crippen LogP contribution in [0.5, 0.6) is 0 Å². The van der Waals surface area contributed by atoms with Crippen molar-refractivity contribution in [1.29, 1.82) is 0 Å². The first-order valence-electron chi connectivity index (χ1n) is 7.70. The van der Waals surface area contributed by atoms with Crippen LogP contribution in [0.25, 0.3) is 11.5 Å². The molecular formula is C18H16N2O3. The Morgan fingerprint density at radius 2 is 2.09 bits per heavy atom. The van der Waals surface area contributed by atoms with Crippen LogP contribution in [0.15, 0.2) is 57.7 Å². The maximum Gasteiger partial charge on any atom is 0.273 e. The van der Waals surface area contributed by atoms with Crippen molar-refractivity contribution in [1.82, 2.24) is 10.5 Å². The molecule has 23 heavy (non-hydrogen) atoms. The van der Waals surface area contributed by atoms with Gasteiger partial charge in [0.1, 0.15) is 0 Å². The molecule has 0 bridgehead atoms. The SMILES string of the molecule is O=C(N[C@H]1CCCc2ccccc21)c1cc(-c2ccco2)on1. The van der Waals surface area contributed by atoms with Gasteiger partial charge in [0, 0.05) is 6.07 Å². The average Bonchev–Trinajstić information content (AvgIpc) is 3.26. The lowest BCUT2D eigenvalue weighted by molar-refractivity contribution is 0.0923. The van der Waals surface area contributed by atoms with E-state index in [4.69, 9.17) is 8.94 Å². The Hall–Kier alpha value is -2.82. The molecule has 0 fully saturated rings. The van der Waals surface area contributed by atoms with E-state index < -0.39 is 0 Å². The second-order valence-electron chi connectivity index (χ2n) is 5.67. The monoisotopic (exact) mass is 308 g/mol. The molecule has 5 nitrogen and oxygen atoms in total. The fraction of sp³-hybridized carbons (Fsp3) is 0.222. The number of carbonyl (C=O) groups excluding carboxylic acids is 1. The second-order valence-corrected chi connectivity index (χ2v) is 5.67. The van der Waals surface area contributed by atoms with Crippen LogP contribution >= 0.6 is 0 Å². The van der Waals surface area contributed by atoms with Crippen LogP contribution in [-0.4, -0.2) is 11.1 Å². The average molecular weight is 308 g/mol. The zero-order chi connectivity index (χ0) is 15.6. The molecule has 2 aromatic heterocycles. The van der Waals surface area contributed by atoms with Gasteiger partial charge in [-0.15, -0.1) is 0 Å². The molecule has 1 aromatic carbocycles. The Balaban J connectivity index is 1.53. The van der Waals surface area contributed by atoms with Crippen molar-refractivity contribution in [3.05, 3.63) is 65.5 Å². The molecule has 0 unspecified atom stereocenters. The quantitative estimate of drug-likeness (QED) is 0.800. The third-order valence-electron chi connectivity index (χ3n) is 4.18. The zero-order valence-corrected chi connectivity index (χ0v) is 12.5. The molecule has 0 radical (unpaired) electrons. The number of fused-ring (bicyclic) bond motifs is 1. The minimum absolute atomic E-state index is 0.0243. The number of furan rings is 1. The van der Waals surface area contributed by atoms with Crippen molar-refractivity contribution in [2.45, 2.75) is 25.3 Å². The van der Waals surface area contributed by atoms with Gasteiger partial charge in [-0.25, -0.2) is 0 Å². The predicted octanol–water partition coefficient (Wildman–Crippen LogP) is 3.74. The summed E-state index contributed by atoms with van der Waals surface area (Å²) in [6.45, 7) is 0. The normalized spacial score (nSPS) is 16.8. The molecule has 0 spiro atoms. The van der Waals surface area contributed by atoms with Gasteiger partial charge in [-0.2, -0.15) is 0 Å². The summed E-state index contributed by atoms with van der Waals surface area (Å²) in [7, 11) is 0. The van der Waals surface area contributed by atoms with Crippen molar-refractivity contribution in [3.63, 3.8) is 0 Å². The number of carbonyl (C=O) groups is 1. The van der Waals surface area contributed by atoms with E-state index in [0.717, 1.165) is 19.3 Å². The first-order chi connectivity index (χ1) is 11.3. The largest absolute Gasteiger partial charge is 0.461 e. The van der Waals surface area contributed by atoms with E-state index >= 15 is 0 Å². The first kappa shape index (κ1) is 13.8. The highest BCUT2D eigenvalue weighted by Gasteiger charge is 2.23. The summed E-state index contributed by atoms with van der Waals surface area (Å²) in [6.07, 6.45) is 4.62. The summed E-state index contributed by atoms with van der Waals surface area (Å²) in [5.74, 6) is 0.775. The third kappa shape index (κ3) is 2.65. The van der Waals surface area contributed by atoms with E-state index in [9.17, 15) is 4.79 Å². The Morgan fingerprint density at radius 3 is 2.96 bits per heavy atom. The molecule has 1 atom stereocenters. The number of benzene rings is 1. The summed E-state index contributed by atoms with van der Waals surface area (Å²) >= 11 is 0. The fourth-order valence-electron chi connectivity index (χ4n) is 3.05. The fourth-order valence-corrected chi connectivity index (χ4v) is 3.05. The lowest BCUT2D eigenvalue weighted by atomic mass is 9.87. The minimum Gasteiger partial charge on any atom is -0.461 e. The molecule has 1 amide bonds. The predicted molar refractivity (Wildman–Crippen MR) is 83.8 cm³/mol. The van der Waals surface area contributed by atoms with Crippen molar-refractivity contribution >= 4 is 5.91 Å². The highest BCUT2D eigenvalue weighted by Crippen LogP contribution is 2.30. The number of nitrogens with zero attached hydrogens (tertiary/aromatic N) is 1. The summed E-state index contributed by atoms with van der Waals surface area (Å²) in [5, 5.41) is 6.90. The lowest BCUT2D eigenvalue weighted by Crippen LogP contribution is -2.31. The van der Waals surface area contributed by atoms with Crippen molar-refractivity contribution in [2.75, 3.05) is 0 Å². The van der Waals surface area contributed by atoms with Crippen LogP contribution in [-0.2, 0) is 6.42 Å². The molecule has 3 aromatic rings. The lowest BCUT2D eigenvalue weighted by Gasteiger charge is -2.25. The molecule has 0 aliphatic heterocycles. The van der Waals surface area contributed by atoms with Gasteiger partial charge in [-0.05, 0) is 42.5 Å². The number of aryl methyl sites for hydroxylation is 1. The topological polar surface area (TPSA) is 68.3 Å². The zero-order valence-electron chi connectivity index (χ0n) is 12.5. The molecule has 4 rings (SSSR count). The van der Waals surface area contributed by atoms with Gasteiger partial charge in [0.05, 0.1) is 12.3 Å². The summed E-state index contributed by atoms with van der Waals surface area (Å²) in [4.78, 5) is 12.4. The van der Waals surface area contributed by atoms with E-state index in [0.29, 0.717) is 11.5 Å². The molecule has 1 aliphatic carbocycles. The van der Waals surface area contributed by atoms with Crippen LogP contribution in [0.4, 0.5) is 0 Å². The van der Waals surface area contributed by atoms with E-state index in [2.05, 4.69) is 22.6 Å². The van der Waals surface area contributed by atoms with Gasteiger partial charge in [0.25, 0.3) is 5.91 Å². The molecule has 1 aliphatic rings. The molecule has 0 saturated carbocycles. The highest BCUT2D eigenvalue weighted by molar-refractivity contribution is 5.93. The molecule has 116 valence electrons. The molecule has 1 N–H and O–H groups in total. The van der Waals surface area contributed by atoms with Crippen LogP contribution in [0, 0.1) is 0 Å². The van der Waals surface area contributed by atoms with Crippen molar-refractivity contribution in [2.24, 2.45) is 0 Å². The minimum atomic E-state index is -0.228. The maximum absolute atomic E-state index is 12.4. The molecule has 0 saturated heterocycles. The third-order valence-corrected chi connectivity index (χ3v) is 4.18. The summed E-state index contributed by atoms with van der Waals surface area (Å²) < 4.78 is 10.4. The molecule has 5 heteroatoms. The van der Waals surface area contributed by atoms with Crippen molar-refractivity contribution in [3.8, 4) is 11.5 Å². The summed E-state index contributed by atoms with van der Waals surface area (Å²) in [6, 6.07) is 13.4. The first-order valence-corrected chi connectivity index (χ1v) is 7.70. The Bertz CT molecular complexity index is 820. The van der Waals surface area contributed by atoms with Gasteiger partial charge in [-0.3, -0.25) is 4.79 Å². The van der Waals surface area contributed by atoms with Crippen molar-refractivity contribution < 1.29 is 13.7 Å². The van der Waals surface area contributed by atoms with E-state index in [1.165, 1.54) is 11.1 Å². The number of amides is 1. The number of aromatic nitrogens is 1.